The van der Waals surface area contributed by atoms with Crippen molar-refractivity contribution in [3.63, 3.8) is 0 Å². The maximum atomic E-state index is 13.2. The number of amides is 1. The Balaban J connectivity index is 2.63. The van der Waals surface area contributed by atoms with Gasteiger partial charge in [0, 0.05) is 12.1 Å². The molecule has 0 aliphatic heterocycles. The van der Waals surface area contributed by atoms with Crippen LogP contribution in [0.3, 0.4) is 0 Å². The minimum atomic E-state index is -0.681. The quantitative estimate of drug-likeness (QED) is 0.840. The van der Waals surface area contributed by atoms with Gasteiger partial charge >= 0.3 is 0 Å². The van der Waals surface area contributed by atoms with Crippen LogP contribution in [0.2, 0.25) is 0 Å². The van der Waals surface area contributed by atoms with Gasteiger partial charge in [0.1, 0.15) is 11.6 Å². The number of hydrogen-bond donors (Lipinski definition) is 1. The van der Waals surface area contributed by atoms with Gasteiger partial charge in [-0.25, -0.2) is 8.78 Å². The van der Waals surface area contributed by atoms with Crippen molar-refractivity contribution in [3.8, 4) is 0 Å². The van der Waals surface area contributed by atoms with Gasteiger partial charge in [-0.1, -0.05) is 19.9 Å². The molecule has 0 spiro atoms. The summed E-state index contributed by atoms with van der Waals surface area (Å²) in [6.45, 7) is 4.41. The highest BCUT2D eigenvalue weighted by Gasteiger charge is 2.12. The van der Waals surface area contributed by atoms with E-state index in [1.807, 2.05) is 13.8 Å². The van der Waals surface area contributed by atoms with Gasteiger partial charge in [0.2, 0.25) is 5.91 Å². The van der Waals surface area contributed by atoms with Crippen molar-refractivity contribution in [1.82, 2.24) is 5.32 Å². The summed E-state index contributed by atoms with van der Waals surface area (Å²) in [7, 11) is 0. The monoisotopic (exact) mass is 227 g/mol. The van der Waals surface area contributed by atoms with Crippen LogP contribution < -0.4 is 5.32 Å². The summed E-state index contributed by atoms with van der Waals surface area (Å²) in [4.78, 5) is 11.4. The minimum absolute atomic E-state index is 0.177. The molecular weight excluding hydrogens is 212 g/mol. The second-order valence-electron chi connectivity index (χ2n) is 4.07. The standard InChI is InChI=1S/C12H15F2NO/c1-8(2)7-15-12(16)6-9-10(13)4-3-5-11(9)14/h3-5,8H,6-7H2,1-2H3,(H,15,16). The third-order valence-corrected chi connectivity index (χ3v) is 2.11. The van der Waals surface area contributed by atoms with Crippen LogP contribution in [0, 0.1) is 17.6 Å². The molecule has 1 N–H and O–H groups in total. The van der Waals surface area contributed by atoms with E-state index in [4.69, 9.17) is 0 Å². The normalized spacial score (nSPS) is 10.6. The first-order chi connectivity index (χ1) is 7.50. The average molecular weight is 227 g/mol. The molecule has 0 saturated heterocycles. The lowest BCUT2D eigenvalue weighted by Gasteiger charge is -2.08. The highest BCUT2D eigenvalue weighted by atomic mass is 19.1. The third-order valence-electron chi connectivity index (χ3n) is 2.11. The fourth-order valence-corrected chi connectivity index (χ4v) is 1.24. The predicted octanol–water partition coefficient (Wildman–Crippen LogP) is 2.28. The number of nitrogens with one attached hydrogen (secondary N) is 1. The van der Waals surface area contributed by atoms with Gasteiger partial charge in [-0.15, -0.1) is 0 Å². The topological polar surface area (TPSA) is 29.1 Å². The maximum Gasteiger partial charge on any atom is 0.224 e. The molecule has 0 unspecified atom stereocenters. The van der Waals surface area contributed by atoms with E-state index in [0.717, 1.165) is 12.1 Å². The first-order valence-corrected chi connectivity index (χ1v) is 5.20. The van der Waals surface area contributed by atoms with Crippen molar-refractivity contribution in [2.75, 3.05) is 6.54 Å². The minimum Gasteiger partial charge on any atom is -0.356 e. The Bertz CT molecular complexity index is 357. The molecule has 88 valence electrons. The Morgan fingerprint density at radius 2 is 1.88 bits per heavy atom. The molecule has 1 rings (SSSR count). The van der Waals surface area contributed by atoms with Crippen LogP contribution in [0.1, 0.15) is 19.4 Å². The number of carbonyl (C=O) groups is 1. The van der Waals surface area contributed by atoms with Crippen LogP contribution in [-0.4, -0.2) is 12.5 Å². The lowest BCUT2D eigenvalue weighted by atomic mass is 10.1. The summed E-state index contributed by atoms with van der Waals surface area (Å²) in [5, 5.41) is 2.61. The lowest BCUT2D eigenvalue weighted by molar-refractivity contribution is -0.120. The zero-order valence-corrected chi connectivity index (χ0v) is 9.39. The van der Waals surface area contributed by atoms with E-state index in [-0.39, 0.29) is 17.9 Å². The molecule has 0 saturated carbocycles. The molecule has 2 nitrogen and oxygen atoms in total. The van der Waals surface area contributed by atoms with Crippen LogP contribution in [-0.2, 0) is 11.2 Å². The number of halogens is 2. The van der Waals surface area contributed by atoms with Crippen molar-refractivity contribution in [2.24, 2.45) is 5.92 Å². The van der Waals surface area contributed by atoms with E-state index in [9.17, 15) is 13.6 Å². The van der Waals surface area contributed by atoms with Gasteiger partial charge in [0.15, 0.2) is 0 Å². The van der Waals surface area contributed by atoms with Gasteiger partial charge < -0.3 is 5.32 Å². The molecule has 0 aromatic heterocycles. The van der Waals surface area contributed by atoms with Crippen molar-refractivity contribution in [1.29, 1.82) is 0 Å². The summed E-state index contributed by atoms with van der Waals surface area (Å²) in [5.74, 6) is -1.41. The molecular formula is C12H15F2NO. The van der Waals surface area contributed by atoms with Gasteiger partial charge in [-0.05, 0) is 18.1 Å². The Hall–Kier alpha value is -1.45. The van der Waals surface area contributed by atoms with Gasteiger partial charge in [0.25, 0.3) is 0 Å². The average Bonchev–Trinajstić information content (AvgIpc) is 2.21. The first kappa shape index (κ1) is 12.6. The van der Waals surface area contributed by atoms with Crippen LogP contribution in [0.25, 0.3) is 0 Å². The zero-order chi connectivity index (χ0) is 12.1. The Morgan fingerprint density at radius 3 is 2.38 bits per heavy atom. The highest BCUT2D eigenvalue weighted by Crippen LogP contribution is 2.12. The highest BCUT2D eigenvalue weighted by molar-refractivity contribution is 5.78. The lowest BCUT2D eigenvalue weighted by Crippen LogP contribution is -2.29. The summed E-state index contributed by atoms with van der Waals surface area (Å²) in [5.41, 5.74) is -0.177. The van der Waals surface area contributed by atoms with E-state index >= 15 is 0 Å². The van der Waals surface area contributed by atoms with Crippen LogP contribution in [0.5, 0.6) is 0 Å². The molecule has 1 aromatic rings. The summed E-state index contributed by atoms with van der Waals surface area (Å²) < 4.78 is 26.4. The van der Waals surface area contributed by atoms with Crippen LogP contribution >= 0.6 is 0 Å². The van der Waals surface area contributed by atoms with E-state index in [1.165, 1.54) is 6.07 Å². The number of carbonyl (C=O) groups excluding carboxylic acids is 1. The van der Waals surface area contributed by atoms with E-state index in [2.05, 4.69) is 5.32 Å². The second-order valence-corrected chi connectivity index (χ2v) is 4.07. The van der Waals surface area contributed by atoms with Crippen LogP contribution in [0.15, 0.2) is 18.2 Å². The summed E-state index contributed by atoms with van der Waals surface area (Å²) in [6, 6.07) is 3.57. The molecule has 0 bridgehead atoms. The van der Waals surface area contributed by atoms with E-state index in [0.29, 0.717) is 12.5 Å². The number of hydrogen-bond acceptors (Lipinski definition) is 1. The molecule has 0 aliphatic carbocycles. The van der Waals surface area contributed by atoms with Gasteiger partial charge in [-0.2, -0.15) is 0 Å². The Morgan fingerprint density at radius 1 is 1.31 bits per heavy atom. The summed E-state index contributed by atoms with van der Waals surface area (Å²) >= 11 is 0. The van der Waals surface area contributed by atoms with Crippen molar-refractivity contribution >= 4 is 5.91 Å². The fraction of sp³-hybridized carbons (Fsp3) is 0.417. The molecule has 0 heterocycles. The zero-order valence-electron chi connectivity index (χ0n) is 9.39. The molecule has 16 heavy (non-hydrogen) atoms. The second kappa shape index (κ2) is 5.58. The molecule has 1 amide bonds. The Labute approximate surface area is 93.7 Å². The summed E-state index contributed by atoms with van der Waals surface area (Å²) in [6.07, 6.45) is -0.259. The van der Waals surface area contributed by atoms with Crippen molar-refractivity contribution in [3.05, 3.63) is 35.4 Å². The Kier molecular flexibility index (Phi) is 4.40. The molecule has 0 fully saturated rings. The predicted molar refractivity (Wildman–Crippen MR) is 57.9 cm³/mol. The fourth-order valence-electron chi connectivity index (χ4n) is 1.24. The van der Waals surface area contributed by atoms with E-state index < -0.39 is 11.6 Å². The van der Waals surface area contributed by atoms with Crippen molar-refractivity contribution < 1.29 is 13.6 Å². The SMILES string of the molecule is CC(C)CNC(=O)Cc1c(F)cccc1F. The third kappa shape index (κ3) is 3.61. The number of rotatable bonds is 4. The maximum absolute atomic E-state index is 13.2. The molecule has 0 atom stereocenters. The van der Waals surface area contributed by atoms with Crippen LogP contribution in [0.4, 0.5) is 8.78 Å². The molecule has 4 heteroatoms. The largest absolute Gasteiger partial charge is 0.356 e. The first-order valence-electron chi connectivity index (χ1n) is 5.20. The molecule has 1 aromatic carbocycles. The molecule has 0 radical (unpaired) electrons. The van der Waals surface area contributed by atoms with Gasteiger partial charge in [-0.3, -0.25) is 4.79 Å². The van der Waals surface area contributed by atoms with Crippen molar-refractivity contribution in [2.45, 2.75) is 20.3 Å². The smallest absolute Gasteiger partial charge is 0.224 e. The number of benzene rings is 1. The molecule has 0 aliphatic rings. The van der Waals surface area contributed by atoms with Gasteiger partial charge in [0.05, 0.1) is 6.42 Å². The van der Waals surface area contributed by atoms with E-state index in [1.54, 1.807) is 0 Å².